The Kier molecular flexibility index (Phi) is 3.59. The van der Waals surface area contributed by atoms with Gasteiger partial charge in [0, 0.05) is 13.1 Å². The number of nitrogen functional groups attached to an aromatic ring is 1. The second kappa shape index (κ2) is 5.00. The Hall–Kier alpha value is -1.52. The first-order valence-corrected chi connectivity index (χ1v) is 6.83. The van der Waals surface area contributed by atoms with E-state index in [1.807, 2.05) is 11.7 Å². The molecule has 2 aromatic heterocycles. The van der Waals surface area contributed by atoms with Crippen LogP contribution >= 0.6 is 0 Å². The van der Waals surface area contributed by atoms with Crippen molar-refractivity contribution in [2.45, 2.75) is 52.5 Å². The largest absolute Gasteiger partial charge is 0.369 e. The van der Waals surface area contributed by atoms with Crippen LogP contribution in [0.25, 0.3) is 11.2 Å². The molecule has 0 bridgehead atoms. The van der Waals surface area contributed by atoms with E-state index in [1.165, 1.54) is 0 Å². The van der Waals surface area contributed by atoms with Crippen LogP contribution in [0.4, 0.5) is 5.95 Å². The van der Waals surface area contributed by atoms with Crippen LogP contribution in [-0.4, -0.2) is 19.3 Å². The maximum atomic E-state index is 6.09. The van der Waals surface area contributed by atoms with Crippen LogP contribution in [0, 0.1) is 0 Å². The molecule has 18 heavy (non-hydrogen) atoms. The minimum absolute atomic E-state index is 0.403. The van der Waals surface area contributed by atoms with Crippen LogP contribution in [0.2, 0.25) is 0 Å². The van der Waals surface area contributed by atoms with Gasteiger partial charge in [0.05, 0.1) is 5.69 Å². The minimum Gasteiger partial charge on any atom is -0.369 e. The molecule has 2 heterocycles. The van der Waals surface area contributed by atoms with Gasteiger partial charge in [-0.05, 0) is 19.3 Å². The van der Waals surface area contributed by atoms with Crippen molar-refractivity contribution >= 4 is 17.1 Å². The fourth-order valence-electron chi connectivity index (χ4n) is 2.64. The summed E-state index contributed by atoms with van der Waals surface area (Å²) in [7, 11) is 1.97. The van der Waals surface area contributed by atoms with E-state index in [9.17, 15) is 0 Å². The lowest BCUT2D eigenvalue weighted by Crippen LogP contribution is -2.12. The molecular weight excluding hydrogens is 226 g/mol. The predicted molar refractivity (Wildman–Crippen MR) is 74.5 cm³/mol. The van der Waals surface area contributed by atoms with Crippen molar-refractivity contribution in [3.8, 4) is 0 Å². The Labute approximate surface area is 108 Å². The van der Waals surface area contributed by atoms with Crippen molar-refractivity contribution in [3.63, 3.8) is 0 Å². The highest BCUT2D eigenvalue weighted by molar-refractivity contribution is 5.78. The van der Waals surface area contributed by atoms with Crippen molar-refractivity contribution < 1.29 is 0 Å². The second-order valence-electron chi connectivity index (χ2n) is 4.80. The standard InChI is InChI=1S/C13H23N5/c1-5-8-10-11-12(17(4)16-10)18(13(14)15-11)9(6-2)7-3/h9H,5-8H2,1-4H3,(H2,14,15). The number of imidazole rings is 1. The number of aromatic nitrogens is 4. The lowest BCUT2D eigenvalue weighted by Gasteiger charge is -2.16. The van der Waals surface area contributed by atoms with Crippen LogP contribution in [-0.2, 0) is 13.5 Å². The Balaban J connectivity index is 2.63. The van der Waals surface area contributed by atoms with Crippen LogP contribution in [0.15, 0.2) is 0 Å². The molecule has 0 spiro atoms. The fourth-order valence-corrected chi connectivity index (χ4v) is 2.64. The van der Waals surface area contributed by atoms with Gasteiger partial charge in [-0.2, -0.15) is 5.10 Å². The highest BCUT2D eigenvalue weighted by atomic mass is 15.4. The average Bonchev–Trinajstić information content (AvgIpc) is 2.82. The molecular formula is C13H23N5. The maximum Gasteiger partial charge on any atom is 0.202 e. The number of nitrogens with zero attached hydrogens (tertiary/aromatic N) is 4. The monoisotopic (exact) mass is 249 g/mol. The van der Waals surface area contributed by atoms with E-state index in [-0.39, 0.29) is 0 Å². The second-order valence-corrected chi connectivity index (χ2v) is 4.80. The van der Waals surface area contributed by atoms with E-state index in [1.54, 1.807) is 0 Å². The van der Waals surface area contributed by atoms with Crippen LogP contribution in [0.3, 0.4) is 0 Å². The predicted octanol–water partition coefficient (Wildman–Crippen LogP) is 2.67. The third-order valence-corrected chi connectivity index (χ3v) is 3.56. The normalized spacial score (nSPS) is 11.8. The molecule has 2 rings (SSSR count). The number of aryl methyl sites for hydroxylation is 2. The van der Waals surface area contributed by atoms with Gasteiger partial charge in [-0.15, -0.1) is 0 Å². The van der Waals surface area contributed by atoms with Crippen LogP contribution in [0.5, 0.6) is 0 Å². The molecule has 2 aromatic rings. The van der Waals surface area contributed by atoms with E-state index in [0.29, 0.717) is 12.0 Å². The summed E-state index contributed by atoms with van der Waals surface area (Å²) in [6.07, 6.45) is 4.14. The van der Waals surface area contributed by atoms with Crippen molar-refractivity contribution in [1.82, 2.24) is 19.3 Å². The topological polar surface area (TPSA) is 61.7 Å². The lowest BCUT2D eigenvalue weighted by molar-refractivity contribution is 0.480. The molecule has 0 aliphatic heterocycles. The molecule has 0 saturated carbocycles. The highest BCUT2D eigenvalue weighted by Crippen LogP contribution is 2.28. The molecule has 2 N–H and O–H groups in total. The van der Waals surface area contributed by atoms with Crippen molar-refractivity contribution in [3.05, 3.63) is 5.69 Å². The number of nitrogens with two attached hydrogens (primary N) is 1. The molecule has 5 heteroatoms. The molecule has 0 aliphatic rings. The van der Waals surface area contributed by atoms with Crippen molar-refractivity contribution in [2.75, 3.05) is 5.73 Å². The molecule has 0 aliphatic carbocycles. The van der Waals surface area contributed by atoms with Gasteiger partial charge in [-0.25, -0.2) is 4.98 Å². The third kappa shape index (κ3) is 1.87. The summed E-state index contributed by atoms with van der Waals surface area (Å²) in [4.78, 5) is 4.53. The van der Waals surface area contributed by atoms with E-state index in [0.717, 1.165) is 42.5 Å². The van der Waals surface area contributed by atoms with E-state index >= 15 is 0 Å². The summed E-state index contributed by atoms with van der Waals surface area (Å²) < 4.78 is 4.06. The zero-order chi connectivity index (χ0) is 13.3. The van der Waals surface area contributed by atoms with Crippen LogP contribution < -0.4 is 5.73 Å². The van der Waals surface area contributed by atoms with Crippen molar-refractivity contribution in [1.29, 1.82) is 0 Å². The number of rotatable bonds is 5. The summed E-state index contributed by atoms with van der Waals surface area (Å²) in [5.74, 6) is 0.615. The molecule has 0 saturated heterocycles. The molecule has 0 aromatic carbocycles. The van der Waals surface area contributed by atoms with Crippen LogP contribution in [0.1, 0.15) is 51.8 Å². The van der Waals surface area contributed by atoms with Gasteiger partial charge in [0.15, 0.2) is 5.65 Å². The minimum atomic E-state index is 0.403. The summed E-state index contributed by atoms with van der Waals surface area (Å²) in [6, 6.07) is 0.403. The van der Waals surface area contributed by atoms with Gasteiger partial charge in [-0.1, -0.05) is 27.2 Å². The Morgan fingerprint density at radius 1 is 1.22 bits per heavy atom. The first kappa shape index (κ1) is 12.9. The Morgan fingerprint density at radius 2 is 1.89 bits per heavy atom. The van der Waals surface area contributed by atoms with Gasteiger partial charge in [0.2, 0.25) is 5.95 Å². The molecule has 0 radical (unpaired) electrons. The molecule has 0 amide bonds. The smallest absolute Gasteiger partial charge is 0.202 e. The van der Waals surface area contributed by atoms with Gasteiger partial charge < -0.3 is 5.73 Å². The number of hydrogen-bond donors (Lipinski definition) is 1. The number of anilines is 1. The van der Waals surface area contributed by atoms with E-state index in [2.05, 4.69) is 35.4 Å². The third-order valence-electron chi connectivity index (χ3n) is 3.56. The molecule has 0 atom stereocenters. The molecule has 5 nitrogen and oxygen atoms in total. The van der Waals surface area contributed by atoms with Gasteiger partial charge in [0.1, 0.15) is 5.52 Å². The van der Waals surface area contributed by atoms with Crippen molar-refractivity contribution in [2.24, 2.45) is 7.05 Å². The first-order chi connectivity index (χ1) is 8.63. The maximum absolute atomic E-state index is 6.09. The number of fused-ring (bicyclic) bond motifs is 1. The number of hydrogen-bond acceptors (Lipinski definition) is 3. The molecule has 0 unspecified atom stereocenters. The summed E-state index contributed by atoms with van der Waals surface area (Å²) >= 11 is 0. The summed E-state index contributed by atoms with van der Waals surface area (Å²) in [5.41, 5.74) is 9.19. The zero-order valence-corrected chi connectivity index (χ0v) is 11.8. The van der Waals surface area contributed by atoms with Gasteiger partial charge >= 0.3 is 0 Å². The zero-order valence-electron chi connectivity index (χ0n) is 11.8. The van der Waals surface area contributed by atoms with E-state index < -0.39 is 0 Å². The first-order valence-electron chi connectivity index (χ1n) is 6.83. The Bertz CT molecular complexity index is 533. The van der Waals surface area contributed by atoms with Gasteiger partial charge in [0.25, 0.3) is 0 Å². The van der Waals surface area contributed by atoms with Gasteiger partial charge in [-0.3, -0.25) is 9.25 Å². The summed E-state index contributed by atoms with van der Waals surface area (Å²) in [6.45, 7) is 6.52. The average molecular weight is 249 g/mol. The quantitative estimate of drug-likeness (QED) is 0.886. The highest BCUT2D eigenvalue weighted by Gasteiger charge is 2.21. The fraction of sp³-hybridized carbons (Fsp3) is 0.692. The Morgan fingerprint density at radius 3 is 2.44 bits per heavy atom. The lowest BCUT2D eigenvalue weighted by atomic mass is 10.1. The molecule has 100 valence electrons. The molecule has 0 fully saturated rings. The van der Waals surface area contributed by atoms with E-state index in [4.69, 9.17) is 5.73 Å². The summed E-state index contributed by atoms with van der Waals surface area (Å²) in [5, 5.41) is 4.57. The SMILES string of the molecule is CCCc1nn(C)c2c1nc(N)n2C(CC)CC.